The molecule has 0 radical (unpaired) electrons. The molecule has 1 aromatic carbocycles. The van der Waals surface area contributed by atoms with E-state index in [9.17, 15) is 22.8 Å². The molecule has 19 heavy (non-hydrogen) atoms. The van der Waals surface area contributed by atoms with Gasteiger partial charge in [0.2, 0.25) is 6.10 Å². The van der Waals surface area contributed by atoms with Crippen LogP contribution in [0, 0.1) is 0 Å². The van der Waals surface area contributed by atoms with Crippen LogP contribution in [0.15, 0.2) is 30.3 Å². The third-order valence-electron chi connectivity index (χ3n) is 2.46. The molecule has 1 rings (SSSR count). The number of ether oxygens (including phenoxy) is 1. The Morgan fingerprint density at radius 2 is 1.74 bits per heavy atom. The van der Waals surface area contributed by atoms with Crippen LogP contribution in [0.5, 0.6) is 0 Å². The quantitative estimate of drug-likeness (QED) is 0.835. The second kappa shape index (κ2) is 5.83. The van der Waals surface area contributed by atoms with Crippen LogP contribution in [-0.4, -0.2) is 36.2 Å². The van der Waals surface area contributed by atoms with Crippen molar-refractivity contribution in [2.24, 2.45) is 0 Å². The van der Waals surface area contributed by atoms with Crippen LogP contribution in [0.2, 0.25) is 0 Å². The first-order valence-electron chi connectivity index (χ1n) is 5.20. The summed E-state index contributed by atoms with van der Waals surface area (Å²) in [5, 5.41) is 8.69. The molecule has 0 spiro atoms. The van der Waals surface area contributed by atoms with E-state index in [1.54, 1.807) is 0 Å². The lowest BCUT2D eigenvalue weighted by molar-refractivity contribution is -0.174. The van der Waals surface area contributed by atoms with E-state index in [-0.39, 0.29) is 5.56 Å². The molecular formula is C12H11F3O4. The van der Waals surface area contributed by atoms with Gasteiger partial charge < -0.3 is 9.84 Å². The smallest absolute Gasteiger partial charge is 0.402 e. The first kappa shape index (κ1) is 15.2. The van der Waals surface area contributed by atoms with Gasteiger partial charge in [0.1, 0.15) is 5.92 Å². The highest BCUT2D eigenvalue weighted by Crippen LogP contribution is 2.36. The summed E-state index contributed by atoms with van der Waals surface area (Å²) >= 11 is 0. The largest absolute Gasteiger partial charge is 0.479 e. The summed E-state index contributed by atoms with van der Waals surface area (Å²) in [5.41, 5.74) is -0.316. The fourth-order valence-corrected chi connectivity index (χ4v) is 1.65. The van der Waals surface area contributed by atoms with Gasteiger partial charge in [-0.25, -0.2) is 4.79 Å². The number of carboxylic acids is 1. The average molecular weight is 276 g/mol. The lowest BCUT2D eigenvalue weighted by Crippen LogP contribution is -2.41. The fourth-order valence-electron chi connectivity index (χ4n) is 1.65. The number of aliphatic carboxylic acids is 1. The second-order valence-electron chi connectivity index (χ2n) is 3.74. The van der Waals surface area contributed by atoms with Gasteiger partial charge in [0.25, 0.3) is 0 Å². The summed E-state index contributed by atoms with van der Waals surface area (Å²) in [5.74, 6) is -5.82. The number of carbonyl (C=O) groups excluding carboxylic acids is 1. The number of benzene rings is 1. The highest BCUT2D eigenvalue weighted by molar-refractivity contribution is 6.04. The van der Waals surface area contributed by atoms with Crippen LogP contribution in [0.3, 0.4) is 0 Å². The van der Waals surface area contributed by atoms with Crippen molar-refractivity contribution in [2.75, 3.05) is 7.11 Å². The highest BCUT2D eigenvalue weighted by atomic mass is 19.4. The molecule has 1 N–H and O–H groups in total. The third-order valence-corrected chi connectivity index (χ3v) is 2.46. The molecule has 0 aliphatic heterocycles. The summed E-state index contributed by atoms with van der Waals surface area (Å²) in [6.45, 7) is 0. The molecule has 104 valence electrons. The van der Waals surface area contributed by atoms with E-state index in [1.807, 2.05) is 0 Å². The first-order chi connectivity index (χ1) is 8.79. The number of rotatable bonds is 5. The number of alkyl halides is 3. The molecule has 2 atom stereocenters. The van der Waals surface area contributed by atoms with E-state index in [0.717, 1.165) is 19.2 Å². The zero-order chi connectivity index (χ0) is 14.6. The van der Waals surface area contributed by atoms with Crippen LogP contribution >= 0.6 is 0 Å². The summed E-state index contributed by atoms with van der Waals surface area (Å²) in [4.78, 5) is 22.5. The number of ketones is 1. The minimum absolute atomic E-state index is 0.316. The molecule has 0 saturated carbocycles. The van der Waals surface area contributed by atoms with E-state index in [1.165, 1.54) is 18.2 Å². The van der Waals surface area contributed by atoms with E-state index >= 15 is 0 Å². The van der Waals surface area contributed by atoms with Gasteiger partial charge in [0.15, 0.2) is 5.78 Å². The normalized spacial score (nSPS) is 14.7. The van der Waals surface area contributed by atoms with E-state index in [2.05, 4.69) is 4.74 Å². The molecule has 1 aromatic rings. The summed E-state index contributed by atoms with van der Waals surface area (Å²) in [7, 11) is 0.870. The predicted molar refractivity (Wildman–Crippen MR) is 58.7 cm³/mol. The lowest BCUT2D eigenvalue weighted by Gasteiger charge is -2.22. The monoisotopic (exact) mass is 276 g/mol. The molecule has 0 fully saturated rings. The van der Waals surface area contributed by atoms with Crippen molar-refractivity contribution < 1.29 is 32.6 Å². The molecule has 1 unspecified atom stereocenters. The standard InChI is InChI=1S/C12H11F3O4/c1-19-10(11(17)18)9(16)8(12(13,14)15)7-5-3-2-4-6-7/h2-6,8,10H,1H3,(H,17,18)/t8?,10-/m1/s1. The van der Waals surface area contributed by atoms with E-state index < -0.39 is 30.0 Å². The van der Waals surface area contributed by atoms with Gasteiger partial charge in [-0.1, -0.05) is 30.3 Å². The number of carbonyl (C=O) groups is 2. The SMILES string of the molecule is CO[C@@H](C(=O)O)C(=O)C(c1ccccc1)C(F)(F)F. The fraction of sp³-hybridized carbons (Fsp3) is 0.333. The Labute approximate surface area is 106 Å². The topological polar surface area (TPSA) is 63.6 Å². The summed E-state index contributed by atoms with van der Waals surface area (Å²) < 4.78 is 43.2. The highest BCUT2D eigenvalue weighted by Gasteiger charge is 2.49. The lowest BCUT2D eigenvalue weighted by atomic mass is 9.91. The molecule has 7 heteroatoms. The van der Waals surface area contributed by atoms with E-state index in [0.29, 0.717) is 0 Å². The Hall–Kier alpha value is -1.89. The zero-order valence-electron chi connectivity index (χ0n) is 9.85. The van der Waals surface area contributed by atoms with Crippen molar-refractivity contribution in [3.63, 3.8) is 0 Å². The maximum Gasteiger partial charge on any atom is 0.402 e. The molecule has 0 aliphatic rings. The van der Waals surface area contributed by atoms with Gasteiger partial charge in [0.05, 0.1) is 0 Å². The Morgan fingerprint density at radius 3 is 2.11 bits per heavy atom. The molecular weight excluding hydrogens is 265 g/mol. The van der Waals surface area contributed by atoms with Crippen molar-refractivity contribution in [1.29, 1.82) is 0 Å². The van der Waals surface area contributed by atoms with Gasteiger partial charge in [-0.3, -0.25) is 4.79 Å². The molecule has 0 bridgehead atoms. The number of hydrogen-bond donors (Lipinski definition) is 1. The molecule has 4 nitrogen and oxygen atoms in total. The molecule has 0 heterocycles. The van der Waals surface area contributed by atoms with Crippen molar-refractivity contribution in [3.8, 4) is 0 Å². The summed E-state index contributed by atoms with van der Waals surface area (Å²) in [6.07, 6.45) is -7.03. The number of hydrogen-bond acceptors (Lipinski definition) is 3. The van der Waals surface area contributed by atoms with Crippen LogP contribution in [0.1, 0.15) is 11.5 Å². The van der Waals surface area contributed by atoms with Gasteiger partial charge >= 0.3 is 12.1 Å². The average Bonchev–Trinajstić information content (AvgIpc) is 2.28. The van der Waals surface area contributed by atoms with Crippen molar-refractivity contribution in [1.82, 2.24) is 0 Å². The molecule has 0 saturated heterocycles. The Bertz CT molecular complexity index is 456. The predicted octanol–water partition coefficient (Wildman–Crippen LogP) is 2.00. The Balaban J connectivity index is 3.20. The van der Waals surface area contributed by atoms with Crippen LogP contribution in [0.4, 0.5) is 13.2 Å². The van der Waals surface area contributed by atoms with Gasteiger partial charge in [-0.2, -0.15) is 13.2 Å². The second-order valence-corrected chi connectivity index (χ2v) is 3.74. The third kappa shape index (κ3) is 3.54. The molecule has 0 amide bonds. The number of methoxy groups -OCH3 is 1. The molecule has 0 aliphatic carbocycles. The minimum atomic E-state index is -4.88. The van der Waals surface area contributed by atoms with Gasteiger partial charge in [0, 0.05) is 7.11 Å². The van der Waals surface area contributed by atoms with Crippen molar-refractivity contribution >= 4 is 11.8 Å². The maximum atomic E-state index is 12.9. The van der Waals surface area contributed by atoms with E-state index in [4.69, 9.17) is 5.11 Å². The Kier molecular flexibility index (Phi) is 4.66. The number of halogens is 3. The molecule has 0 aromatic heterocycles. The van der Waals surface area contributed by atoms with Crippen LogP contribution < -0.4 is 0 Å². The van der Waals surface area contributed by atoms with Crippen molar-refractivity contribution in [2.45, 2.75) is 18.2 Å². The Morgan fingerprint density at radius 1 is 1.21 bits per heavy atom. The van der Waals surface area contributed by atoms with Gasteiger partial charge in [-0.15, -0.1) is 0 Å². The minimum Gasteiger partial charge on any atom is -0.479 e. The van der Waals surface area contributed by atoms with Crippen LogP contribution in [0.25, 0.3) is 0 Å². The zero-order valence-corrected chi connectivity index (χ0v) is 9.85. The number of Topliss-reactive ketones (excluding diaryl/α,β-unsaturated/α-hetero) is 1. The van der Waals surface area contributed by atoms with Crippen molar-refractivity contribution in [3.05, 3.63) is 35.9 Å². The van der Waals surface area contributed by atoms with Crippen LogP contribution in [-0.2, 0) is 14.3 Å². The maximum absolute atomic E-state index is 12.9. The first-order valence-corrected chi connectivity index (χ1v) is 5.20. The number of carboxylic acid groups (broad SMARTS) is 1. The van der Waals surface area contributed by atoms with Gasteiger partial charge in [-0.05, 0) is 5.56 Å². The summed E-state index contributed by atoms with van der Waals surface area (Å²) in [6, 6.07) is 6.40.